The maximum Gasteiger partial charge on any atom is 0.276 e. The molecule has 1 saturated heterocycles. The average Bonchev–Trinajstić information content (AvgIpc) is 2.88. The third-order valence-corrected chi connectivity index (χ3v) is 4.64. The van der Waals surface area contributed by atoms with Crippen LogP contribution in [0.1, 0.15) is 23.8 Å². The zero-order chi connectivity index (χ0) is 12.5. The van der Waals surface area contributed by atoms with Crippen molar-refractivity contribution in [2.75, 3.05) is 18.1 Å². The van der Waals surface area contributed by atoms with E-state index in [1.54, 1.807) is 4.90 Å². The van der Waals surface area contributed by atoms with E-state index in [1.165, 1.54) is 6.20 Å². The van der Waals surface area contributed by atoms with Gasteiger partial charge in [0.05, 0.1) is 17.7 Å². The van der Waals surface area contributed by atoms with Crippen molar-refractivity contribution in [3.63, 3.8) is 0 Å². The fraction of sp³-hybridized carbons (Fsp3) is 0.667. The molecule has 8 heteroatoms. The van der Waals surface area contributed by atoms with Crippen molar-refractivity contribution in [3.8, 4) is 0 Å². The second kappa shape index (κ2) is 4.44. The van der Waals surface area contributed by atoms with Crippen LogP contribution in [-0.4, -0.2) is 58.7 Å². The van der Waals surface area contributed by atoms with Gasteiger partial charge in [-0.25, -0.2) is 8.42 Å². The van der Waals surface area contributed by atoms with Gasteiger partial charge in [0.2, 0.25) is 0 Å². The summed E-state index contributed by atoms with van der Waals surface area (Å²) in [5, 5.41) is 9.66. The molecule has 0 aromatic carbocycles. The highest BCUT2D eigenvalue weighted by atomic mass is 32.2. The first-order valence-electron chi connectivity index (χ1n) is 5.40. The number of sulfone groups is 1. The second-order valence-corrected chi connectivity index (χ2v) is 6.23. The van der Waals surface area contributed by atoms with Crippen LogP contribution in [0.25, 0.3) is 0 Å². The van der Waals surface area contributed by atoms with Crippen LogP contribution < -0.4 is 0 Å². The van der Waals surface area contributed by atoms with Crippen molar-refractivity contribution in [1.82, 2.24) is 20.3 Å². The largest absolute Gasteiger partial charge is 0.333 e. The monoisotopic (exact) mass is 258 g/mol. The zero-order valence-corrected chi connectivity index (χ0v) is 10.3. The van der Waals surface area contributed by atoms with Gasteiger partial charge >= 0.3 is 0 Å². The molecule has 94 valence electrons. The summed E-state index contributed by atoms with van der Waals surface area (Å²) >= 11 is 0. The van der Waals surface area contributed by atoms with Crippen LogP contribution in [-0.2, 0) is 9.84 Å². The van der Waals surface area contributed by atoms with Gasteiger partial charge in [-0.1, -0.05) is 0 Å². The Balaban J connectivity index is 2.15. The normalized spacial score (nSPS) is 22.5. The van der Waals surface area contributed by atoms with Gasteiger partial charge in [-0.05, 0) is 13.3 Å². The number of amides is 1. The van der Waals surface area contributed by atoms with Crippen molar-refractivity contribution in [3.05, 3.63) is 11.9 Å². The molecule has 1 unspecified atom stereocenters. The quantitative estimate of drug-likeness (QED) is 0.785. The lowest BCUT2D eigenvalue weighted by atomic mass is 10.2. The van der Waals surface area contributed by atoms with E-state index in [1.807, 2.05) is 6.92 Å². The van der Waals surface area contributed by atoms with Crippen molar-refractivity contribution in [2.24, 2.45) is 0 Å². The highest BCUT2D eigenvalue weighted by Crippen LogP contribution is 2.19. The Labute approximate surface area is 99.1 Å². The first-order valence-corrected chi connectivity index (χ1v) is 7.23. The van der Waals surface area contributed by atoms with E-state index in [9.17, 15) is 13.2 Å². The van der Waals surface area contributed by atoms with Crippen molar-refractivity contribution in [1.29, 1.82) is 0 Å². The molecule has 0 spiro atoms. The number of aromatic nitrogens is 3. The predicted molar refractivity (Wildman–Crippen MR) is 60.2 cm³/mol. The van der Waals surface area contributed by atoms with Gasteiger partial charge in [-0.15, -0.1) is 0 Å². The molecule has 1 aliphatic heterocycles. The van der Waals surface area contributed by atoms with Gasteiger partial charge in [0.15, 0.2) is 15.5 Å². The molecule has 0 bridgehead atoms. The molecule has 0 aliphatic carbocycles. The molecular formula is C9H14N4O3S. The number of hydrogen-bond donors (Lipinski definition) is 1. The number of carbonyl (C=O) groups excluding carboxylic acids is 1. The molecule has 2 rings (SSSR count). The molecular weight excluding hydrogens is 244 g/mol. The van der Waals surface area contributed by atoms with Gasteiger partial charge in [0.1, 0.15) is 0 Å². The lowest BCUT2D eigenvalue weighted by Gasteiger charge is -2.25. The summed E-state index contributed by atoms with van der Waals surface area (Å²) in [5.41, 5.74) is 0.219. The third-order valence-electron chi connectivity index (χ3n) is 2.88. The zero-order valence-electron chi connectivity index (χ0n) is 9.46. The molecule has 1 aromatic rings. The minimum Gasteiger partial charge on any atom is -0.333 e. The van der Waals surface area contributed by atoms with E-state index in [4.69, 9.17) is 0 Å². The highest BCUT2D eigenvalue weighted by Gasteiger charge is 2.34. The number of rotatable bonds is 3. The molecule has 1 amide bonds. The number of hydrogen-bond acceptors (Lipinski definition) is 5. The summed E-state index contributed by atoms with van der Waals surface area (Å²) in [6.07, 6.45) is 1.84. The first-order chi connectivity index (χ1) is 8.03. The fourth-order valence-corrected chi connectivity index (χ4v) is 3.77. The van der Waals surface area contributed by atoms with Crippen molar-refractivity contribution in [2.45, 2.75) is 19.4 Å². The molecule has 0 saturated carbocycles. The van der Waals surface area contributed by atoms with E-state index in [0.717, 1.165) is 0 Å². The van der Waals surface area contributed by atoms with Gasteiger partial charge in [-0.3, -0.25) is 4.79 Å². The average molecular weight is 258 g/mol. The van der Waals surface area contributed by atoms with Crippen LogP contribution in [0, 0.1) is 0 Å². The summed E-state index contributed by atoms with van der Waals surface area (Å²) in [4.78, 5) is 13.6. The molecule has 1 N–H and O–H groups in total. The fourth-order valence-electron chi connectivity index (χ4n) is 2.04. The lowest BCUT2D eigenvalue weighted by molar-refractivity contribution is 0.0702. The minimum atomic E-state index is -2.99. The van der Waals surface area contributed by atoms with E-state index in [0.29, 0.717) is 13.0 Å². The van der Waals surface area contributed by atoms with Crippen LogP contribution in [0.15, 0.2) is 6.20 Å². The molecule has 7 nitrogen and oxygen atoms in total. The number of nitrogens with one attached hydrogen (secondary N) is 1. The summed E-state index contributed by atoms with van der Waals surface area (Å²) in [6.45, 7) is 2.29. The lowest BCUT2D eigenvalue weighted by Crippen LogP contribution is -2.41. The standard InChI is InChI=1S/C9H14N4O3S/c1-2-13(7-3-4-17(15,16)6-7)9(14)8-5-10-12-11-8/h5,7H,2-4,6H2,1H3,(H,10,11,12). The highest BCUT2D eigenvalue weighted by molar-refractivity contribution is 7.91. The van der Waals surface area contributed by atoms with Crippen LogP contribution in [0.3, 0.4) is 0 Å². The van der Waals surface area contributed by atoms with Crippen LogP contribution >= 0.6 is 0 Å². The summed E-state index contributed by atoms with van der Waals surface area (Å²) in [6, 6.07) is -0.241. The molecule has 1 fully saturated rings. The molecule has 1 aromatic heterocycles. The van der Waals surface area contributed by atoms with Gasteiger partial charge < -0.3 is 4.90 Å². The third kappa shape index (κ3) is 2.46. The Morgan fingerprint density at radius 3 is 2.88 bits per heavy atom. The van der Waals surface area contributed by atoms with Crippen LogP contribution in [0.5, 0.6) is 0 Å². The molecule has 1 aliphatic rings. The number of nitrogens with zero attached hydrogens (tertiary/aromatic N) is 3. The molecule has 1 atom stereocenters. The van der Waals surface area contributed by atoms with Gasteiger partial charge in [0.25, 0.3) is 5.91 Å². The summed E-state index contributed by atoms with van der Waals surface area (Å²) < 4.78 is 22.8. The Morgan fingerprint density at radius 1 is 1.65 bits per heavy atom. The molecule has 0 radical (unpaired) electrons. The van der Waals surface area contributed by atoms with Crippen molar-refractivity contribution >= 4 is 15.7 Å². The first kappa shape index (κ1) is 12.0. The van der Waals surface area contributed by atoms with E-state index < -0.39 is 9.84 Å². The van der Waals surface area contributed by atoms with Crippen LogP contribution in [0.2, 0.25) is 0 Å². The Hall–Kier alpha value is -1.44. The summed E-state index contributed by atoms with van der Waals surface area (Å²) in [5.74, 6) is -0.0756. The second-order valence-electron chi connectivity index (χ2n) is 4.00. The van der Waals surface area contributed by atoms with Crippen LogP contribution in [0.4, 0.5) is 0 Å². The maximum atomic E-state index is 12.0. The predicted octanol–water partition coefficient (Wildman–Crippen LogP) is -0.546. The van der Waals surface area contributed by atoms with E-state index in [2.05, 4.69) is 15.4 Å². The van der Waals surface area contributed by atoms with Gasteiger partial charge in [0, 0.05) is 12.6 Å². The van der Waals surface area contributed by atoms with Crippen molar-refractivity contribution < 1.29 is 13.2 Å². The van der Waals surface area contributed by atoms with E-state index >= 15 is 0 Å². The number of aromatic amines is 1. The smallest absolute Gasteiger partial charge is 0.276 e. The molecule has 17 heavy (non-hydrogen) atoms. The Bertz CT molecular complexity index is 496. The SMILES string of the molecule is CCN(C(=O)c1cn[nH]n1)C1CCS(=O)(=O)C1. The topological polar surface area (TPSA) is 96.0 Å². The van der Waals surface area contributed by atoms with Gasteiger partial charge in [-0.2, -0.15) is 15.4 Å². The Kier molecular flexibility index (Phi) is 3.14. The summed E-state index contributed by atoms with van der Waals surface area (Å²) in [7, 11) is -2.99. The maximum absolute atomic E-state index is 12.0. The van der Waals surface area contributed by atoms with E-state index in [-0.39, 0.29) is 29.1 Å². The number of H-pyrrole nitrogens is 1. The number of carbonyl (C=O) groups is 1. The molecule has 2 heterocycles. The minimum absolute atomic E-state index is 0.0461. The Morgan fingerprint density at radius 2 is 2.41 bits per heavy atom.